The molecule has 1 aromatic rings. The van der Waals surface area contributed by atoms with Crippen molar-refractivity contribution in [2.75, 3.05) is 20.3 Å². The molecule has 0 spiro atoms. The zero-order chi connectivity index (χ0) is 12.0. The van der Waals surface area contributed by atoms with Crippen molar-refractivity contribution in [3.8, 4) is 0 Å². The molecule has 0 atom stereocenters. The average Bonchev–Trinajstić information content (AvgIpc) is 2.25. The van der Waals surface area contributed by atoms with E-state index in [1.165, 1.54) is 19.2 Å². The van der Waals surface area contributed by atoms with Gasteiger partial charge in [-0.1, -0.05) is 17.7 Å². The van der Waals surface area contributed by atoms with E-state index in [-0.39, 0.29) is 4.90 Å². The molecule has 0 amide bonds. The van der Waals surface area contributed by atoms with E-state index in [0.29, 0.717) is 13.2 Å². The first kappa shape index (κ1) is 13.1. The van der Waals surface area contributed by atoms with Crippen molar-refractivity contribution in [2.24, 2.45) is 0 Å². The second-order valence-electron chi connectivity index (χ2n) is 3.24. The fourth-order valence-electron chi connectivity index (χ4n) is 1.02. The van der Waals surface area contributed by atoms with Crippen LogP contribution in [0.3, 0.4) is 0 Å². The normalized spacial score (nSPS) is 11.6. The molecular formula is C10H15NO4S. The number of hydroxylamine groups is 1. The average molecular weight is 245 g/mol. The second-order valence-corrected chi connectivity index (χ2v) is 4.78. The molecule has 0 saturated heterocycles. The maximum atomic E-state index is 11.6. The van der Waals surface area contributed by atoms with E-state index in [2.05, 4.69) is 9.76 Å². The van der Waals surface area contributed by atoms with E-state index < -0.39 is 10.1 Å². The molecule has 0 bridgehead atoms. The maximum Gasteiger partial charge on any atom is 0.312 e. The summed E-state index contributed by atoms with van der Waals surface area (Å²) in [5.41, 5.74) is 3.32. The highest BCUT2D eigenvalue weighted by Gasteiger charge is 2.14. The molecule has 16 heavy (non-hydrogen) atoms. The summed E-state index contributed by atoms with van der Waals surface area (Å²) in [5.74, 6) is 0. The summed E-state index contributed by atoms with van der Waals surface area (Å²) in [5, 5.41) is 0. The summed E-state index contributed by atoms with van der Waals surface area (Å²) in [4.78, 5) is 0.128. The standard InChI is InChI=1S/C10H15NO4S/c1-9-3-5-10(6-4-9)16(12,13)15-11-7-8-14-2/h3-6,11H,7-8H2,1-2H3. The molecule has 0 aliphatic rings. The topological polar surface area (TPSA) is 64.6 Å². The van der Waals surface area contributed by atoms with Crippen molar-refractivity contribution in [3.05, 3.63) is 29.8 Å². The molecule has 1 rings (SSSR count). The van der Waals surface area contributed by atoms with Crippen LogP contribution in [0.2, 0.25) is 0 Å². The number of methoxy groups -OCH3 is 1. The summed E-state index contributed by atoms with van der Waals surface area (Å²) in [6, 6.07) is 6.43. The molecular weight excluding hydrogens is 230 g/mol. The number of hydrogen-bond acceptors (Lipinski definition) is 5. The maximum absolute atomic E-state index is 11.6. The molecule has 1 aromatic carbocycles. The van der Waals surface area contributed by atoms with Crippen LogP contribution in [0.4, 0.5) is 0 Å². The van der Waals surface area contributed by atoms with Gasteiger partial charge in [-0.3, -0.25) is 0 Å². The number of rotatable bonds is 6. The van der Waals surface area contributed by atoms with Crippen LogP contribution < -0.4 is 5.48 Å². The lowest BCUT2D eigenvalue weighted by molar-refractivity contribution is 0.140. The van der Waals surface area contributed by atoms with Gasteiger partial charge in [0, 0.05) is 13.7 Å². The van der Waals surface area contributed by atoms with E-state index in [1.807, 2.05) is 6.92 Å². The third-order valence-corrected chi connectivity index (χ3v) is 3.07. The number of benzene rings is 1. The Morgan fingerprint density at radius 3 is 2.44 bits per heavy atom. The number of nitrogens with one attached hydrogen (secondary N) is 1. The van der Waals surface area contributed by atoms with Crippen molar-refractivity contribution in [1.29, 1.82) is 0 Å². The molecule has 0 aliphatic carbocycles. The Morgan fingerprint density at radius 2 is 1.88 bits per heavy atom. The van der Waals surface area contributed by atoms with Crippen LogP contribution >= 0.6 is 0 Å². The molecule has 5 nitrogen and oxygen atoms in total. The molecule has 0 fully saturated rings. The van der Waals surface area contributed by atoms with E-state index in [9.17, 15) is 8.42 Å². The molecule has 0 radical (unpaired) electrons. The summed E-state index contributed by atoms with van der Waals surface area (Å²) >= 11 is 0. The van der Waals surface area contributed by atoms with Crippen LogP contribution in [0.5, 0.6) is 0 Å². The monoisotopic (exact) mass is 245 g/mol. The van der Waals surface area contributed by atoms with Crippen LogP contribution in [0.25, 0.3) is 0 Å². The van der Waals surface area contributed by atoms with Gasteiger partial charge in [0.1, 0.15) is 0 Å². The minimum Gasteiger partial charge on any atom is -0.383 e. The number of aryl methyl sites for hydroxylation is 1. The van der Waals surface area contributed by atoms with Gasteiger partial charge in [-0.15, -0.1) is 0 Å². The van der Waals surface area contributed by atoms with E-state index in [4.69, 9.17) is 4.74 Å². The Morgan fingerprint density at radius 1 is 1.25 bits per heavy atom. The Balaban J connectivity index is 2.60. The highest BCUT2D eigenvalue weighted by molar-refractivity contribution is 7.86. The van der Waals surface area contributed by atoms with Gasteiger partial charge in [-0.25, -0.2) is 0 Å². The van der Waals surface area contributed by atoms with Gasteiger partial charge >= 0.3 is 10.1 Å². The number of hydrogen-bond donors (Lipinski definition) is 1. The van der Waals surface area contributed by atoms with Crippen molar-refractivity contribution in [3.63, 3.8) is 0 Å². The summed E-state index contributed by atoms with van der Waals surface area (Å²) < 4.78 is 32.5. The van der Waals surface area contributed by atoms with Gasteiger partial charge in [-0.05, 0) is 19.1 Å². The lowest BCUT2D eigenvalue weighted by atomic mass is 10.2. The third-order valence-electron chi connectivity index (χ3n) is 1.89. The van der Waals surface area contributed by atoms with Crippen LogP contribution in [0.15, 0.2) is 29.2 Å². The minimum atomic E-state index is -3.72. The van der Waals surface area contributed by atoms with Gasteiger partial charge in [0.05, 0.1) is 11.5 Å². The van der Waals surface area contributed by atoms with E-state index in [0.717, 1.165) is 5.56 Å². The molecule has 0 heterocycles. The zero-order valence-corrected chi connectivity index (χ0v) is 10.1. The van der Waals surface area contributed by atoms with Crippen molar-refractivity contribution in [2.45, 2.75) is 11.8 Å². The summed E-state index contributed by atoms with van der Waals surface area (Å²) in [7, 11) is -2.20. The van der Waals surface area contributed by atoms with Gasteiger partial charge in [0.25, 0.3) is 0 Å². The SMILES string of the molecule is COCCNOS(=O)(=O)c1ccc(C)cc1. The Labute approximate surface area is 95.5 Å². The van der Waals surface area contributed by atoms with Crippen molar-refractivity contribution < 1.29 is 17.4 Å². The van der Waals surface area contributed by atoms with Crippen molar-refractivity contribution >= 4 is 10.1 Å². The molecule has 1 N–H and O–H groups in total. The molecule has 0 unspecified atom stereocenters. The smallest absolute Gasteiger partial charge is 0.312 e. The molecule has 0 saturated carbocycles. The highest BCUT2D eigenvalue weighted by Crippen LogP contribution is 2.11. The first-order chi connectivity index (χ1) is 7.56. The molecule has 90 valence electrons. The Bertz CT molecular complexity index is 413. The fraction of sp³-hybridized carbons (Fsp3) is 0.400. The number of ether oxygens (including phenoxy) is 1. The lowest BCUT2D eigenvalue weighted by Gasteiger charge is -2.06. The Hall–Kier alpha value is -0.950. The van der Waals surface area contributed by atoms with Gasteiger partial charge < -0.3 is 4.74 Å². The molecule has 6 heteroatoms. The quantitative estimate of drug-likeness (QED) is 0.594. The van der Waals surface area contributed by atoms with Gasteiger partial charge in [0.2, 0.25) is 0 Å². The van der Waals surface area contributed by atoms with Crippen LogP contribution in [-0.4, -0.2) is 28.7 Å². The van der Waals surface area contributed by atoms with Crippen LogP contribution in [0, 0.1) is 6.92 Å². The molecule has 0 aromatic heterocycles. The van der Waals surface area contributed by atoms with Crippen LogP contribution in [-0.2, 0) is 19.1 Å². The Kier molecular flexibility index (Phi) is 4.88. The predicted molar refractivity (Wildman–Crippen MR) is 59.3 cm³/mol. The molecule has 0 aliphatic heterocycles. The summed E-state index contributed by atoms with van der Waals surface area (Å²) in [6.45, 7) is 2.57. The van der Waals surface area contributed by atoms with Crippen LogP contribution in [0.1, 0.15) is 5.56 Å². The second kappa shape index (κ2) is 5.95. The zero-order valence-electron chi connectivity index (χ0n) is 9.26. The first-order valence-corrected chi connectivity index (χ1v) is 6.19. The van der Waals surface area contributed by atoms with E-state index in [1.54, 1.807) is 12.1 Å². The summed E-state index contributed by atoms with van der Waals surface area (Å²) in [6.07, 6.45) is 0. The minimum absolute atomic E-state index is 0.128. The first-order valence-electron chi connectivity index (χ1n) is 4.78. The van der Waals surface area contributed by atoms with Gasteiger partial charge in [0.15, 0.2) is 0 Å². The lowest BCUT2D eigenvalue weighted by Crippen LogP contribution is -2.23. The van der Waals surface area contributed by atoms with E-state index >= 15 is 0 Å². The fourth-order valence-corrected chi connectivity index (χ4v) is 1.82. The van der Waals surface area contributed by atoms with Crippen molar-refractivity contribution in [1.82, 2.24) is 5.48 Å². The predicted octanol–water partition coefficient (Wildman–Crippen LogP) is 0.851. The van der Waals surface area contributed by atoms with Gasteiger partial charge in [-0.2, -0.15) is 18.2 Å². The largest absolute Gasteiger partial charge is 0.383 e. The third kappa shape index (κ3) is 3.90. The highest BCUT2D eigenvalue weighted by atomic mass is 32.2.